The third kappa shape index (κ3) is 3.84. The van der Waals surface area contributed by atoms with Gasteiger partial charge in [0.05, 0.1) is 5.41 Å². The largest absolute Gasteiger partial charge is 0.481 e. The molecule has 0 aliphatic rings. The number of aliphatic carboxylic acids is 1. The maximum absolute atomic E-state index is 12.5. The molecule has 0 bridgehead atoms. The van der Waals surface area contributed by atoms with Crippen LogP contribution in [0.4, 0.5) is 5.69 Å². The zero-order valence-corrected chi connectivity index (χ0v) is 13.6. The van der Waals surface area contributed by atoms with Gasteiger partial charge in [0, 0.05) is 19.2 Å². The van der Waals surface area contributed by atoms with Crippen LogP contribution in [0.5, 0.6) is 0 Å². The first-order chi connectivity index (χ1) is 9.75. The number of anilines is 1. The Morgan fingerprint density at radius 3 is 1.95 bits per heavy atom. The standard InChI is InChI=1S/C17H25NO3/c1-6-17(7-2,16(20)21)11-15(19)18(5)14-9-12(3)8-13(4)10-14/h8-10H,6-7,11H2,1-5H3,(H,20,21). The summed E-state index contributed by atoms with van der Waals surface area (Å²) in [5.41, 5.74) is 2.01. The van der Waals surface area contributed by atoms with Crippen LogP contribution in [0.25, 0.3) is 0 Å². The van der Waals surface area contributed by atoms with E-state index in [1.54, 1.807) is 11.9 Å². The highest BCUT2D eigenvalue weighted by molar-refractivity contribution is 5.96. The average Bonchev–Trinajstić information content (AvgIpc) is 2.42. The van der Waals surface area contributed by atoms with E-state index in [4.69, 9.17) is 0 Å². The number of carbonyl (C=O) groups is 2. The van der Waals surface area contributed by atoms with E-state index in [0.29, 0.717) is 12.8 Å². The number of carboxylic acid groups (broad SMARTS) is 1. The summed E-state index contributed by atoms with van der Waals surface area (Å²) in [5, 5.41) is 9.44. The lowest BCUT2D eigenvalue weighted by Crippen LogP contribution is -2.37. The number of carboxylic acids is 1. The topological polar surface area (TPSA) is 57.6 Å². The molecule has 0 radical (unpaired) electrons. The molecular formula is C17H25NO3. The quantitative estimate of drug-likeness (QED) is 0.872. The fraction of sp³-hybridized carbons (Fsp3) is 0.529. The van der Waals surface area contributed by atoms with Gasteiger partial charge < -0.3 is 10.0 Å². The summed E-state index contributed by atoms with van der Waals surface area (Å²) < 4.78 is 0. The number of hydrogen-bond donors (Lipinski definition) is 1. The number of rotatable bonds is 6. The fourth-order valence-corrected chi connectivity index (χ4v) is 2.57. The van der Waals surface area contributed by atoms with Crippen molar-refractivity contribution in [2.24, 2.45) is 5.41 Å². The Hall–Kier alpha value is -1.84. The second-order valence-corrected chi connectivity index (χ2v) is 5.77. The second kappa shape index (κ2) is 6.74. The van der Waals surface area contributed by atoms with E-state index in [1.165, 1.54) is 0 Å². The molecule has 116 valence electrons. The van der Waals surface area contributed by atoms with Gasteiger partial charge >= 0.3 is 5.97 Å². The maximum atomic E-state index is 12.5. The molecule has 0 atom stereocenters. The van der Waals surface area contributed by atoms with E-state index in [9.17, 15) is 14.7 Å². The molecular weight excluding hydrogens is 266 g/mol. The van der Waals surface area contributed by atoms with Gasteiger partial charge in [0.25, 0.3) is 0 Å². The molecule has 0 fully saturated rings. The van der Waals surface area contributed by atoms with Crippen LogP contribution in [-0.2, 0) is 9.59 Å². The van der Waals surface area contributed by atoms with Crippen LogP contribution in [0, 0.1) is 19.3 Å². The normalized spacial score (nSPS) is 11.3. The molecule has 4 heteroatoms. The molecule has 21 heavy (non-hydrogen) atoms. The van der Waals surface area contributed by atoms with Crippen LogP contribution in [0.2, 0.25) is 0 Å². The molecule has 0 aliphatic carbocycles. The Labute approximate surface area is 126 Å². The number of amides is 1. The number of aryl methyl sites for hydroxylation is 2. The molecule has 1 aromatic carbocycles. The van der Waals surface area contributed by atoms with Crippen LogP contribution >= 0.6 is 0 Å². The molecule has 0 saturated carbocycles. The van der Waals surface area contributed by atoms with Crippen molar-refractivity contribution in [1.82, 2.24) is 0 Å². The molecule has 1 aromatic rings. The highest BCUT2D eigenvalue weighted by Crippen LogP contribution is 2.32. The molecule has 0 aliphatic heterocycles. The van der Waals surface area contributed by atoms with E-state index < -0.39 is 11.4 Å². The van der Waals surface area contributed by atoms with Gasteiger partial charge in [-0.25, -0.2) is 0 Å². The zero-order chi connectivity index (χ0) is 16.2. The average molecular weight is 291 g/mol. The molecule has 0 heterocycles. The molecule has 0 aromatic heterocycles. The van der Waals surface area contributed by atoms with Gasteiger partial charge in [-0.1, -0.05) is 19.9 Å². The van der Waals surface area contributed by atoms with Crippen molar-refractivity contribution in [2.45, 2.75) is 47.0 Å². The highest BCUT2D eigenvalue weighted by atomic mass is 16.4. The van der Waals surface area contributed by atoms with Crippen LogP contribution < -0.4 is 4.90 Å². The number of nitrogens with zero attached hydrogens (tertiary/aromatic N) is 1. The smallest absolute Gasteiger partial charge is 0.310 e. The number of carbonyl (C=O) groups excluding carboxylic acids is 1. The Kier molecular flexibility index (Phi) is 5.53. The summed E-state index contributed by atoms with van der Waals surface area (Å²) >= 11 is 0. The van der Waals surface area contributed by atoms with Crippen molar-refractivity contribution < 1.29 is 14.7 Å². The lowest BCUT2D eigenvalue weighted by molar-refractivity contribution is -0.152. The first-order valence-corrected chi connectivity index (χ1v) is 7.34. The van der Waals surface area contributed by atoms with Gasteiger partial charge in [-0.3, -0.25) is 9.59 Å². The third-order valence-electron chi connectivity index (χ3n) is 4.26. The minimum absolute atomic E-state index is 0.0266. The van der Waals surface area contributed by atoms with E-state index in [-0.39, 0.29) is 12.3 Å². The predicted octanol–water partition coefficient (Wildman–Crippen LogP) is 3.55. The van der Waals surface area contributed by atoms with Crippen molar-refractivity contribution in [3.8, 4) is 0 Å². The molecule has 1 amide bonds. The monoisotopic (exact) mass is 291 g/mol. The summed E-state index contributed by atoms with van der Waals surface area (Å²) in [4.78, 5) is 25.5. The molecule has 1 N–H and O–H groups in total. The Morgan fingerprint density at radius 1 is 1.10 bits per heavy atom. The third-order valence-corrected chi connectivity index (χ3v) is 4.26. The van der Waals surface area contributed by atoms with Gasteiger partial charge in [-0.2, -0.15) is 0 Å². The van der Waals surface area contributed by atoms with Gasteiger partial charge in [0.15, 0.2) is 0 Å². The maximum Gasteiger partial charge on any atom is 0.310 e. The Balaban J connectivity index is 2.99. The zero-order valence-electron chi connectivity index (χ0n) is 13.6. The van der Waals surface area contributed by atoms with E-state index in [0.717, 1.165) is 16.8 Å². The summed E-state index contributed by atoms with van der Waals surface area (Å²) in [6.45, 7) is 7.60. The lowest BCUT2D eigenvalue weighted by atomic mass is 9.79. The van der Waals surface area contributed by atoms with E-state index in [2.05, 4.69) is 0 Å². The summed E-state index contributed by atoms with van der Waals surface area (Å²) in [5.74, 6) is -1.05. The first-order valence-electron chi connectivity index (χ1n) is 7.34. The Morgan fingerprint density at radius 2 is 1.57 bits per heavy atom. The summed E-state index contributed by atoms with van der Waals surface area (Å²) in [7, 11) is 1.70. The van der Waals surface area contributed by atoms with E-state index >= 15 is 0 Å². The van der Waals surface area contributed by atoms with Crippen molar-refractivity contribution in [2.75, 3.05) is 11.9 Å². The fourth-order valence-electron chi connectivity index (χ4n) is 2.57. The molecule has 0 unspecified atom stereocenters. The first kappa shape index (κ1) is 17.2. The molecule has 0 spiro atoms. The van der Waals surface area contributed by atoms with Crippen molar-refractivity contribution in [3.05, 3.63) is 29.3 Å². The van der Waals surface area contributed by atoms with Crippen LogP contribution in [-0.4, -0.2) is 24.0 Å². The second-order valence-electron chi connectivity index (χ2n) is 5.77. The summed E-state index contributed by atoms with van der Waals surface area (Å²) in [6, 6.07) is 5.91. The number of benzene rings is 1. The van der Waals surface area contributed by atoms with Gasteiger partial charge in [0.2, 0.25) is 5.91 Å². The Bertz CT molecular complexity index is 513. The van der Waals surface area contributed by atoms with Gasteiger partial charge in [-0.05, 0) is 49.9 Å². The summed E-state index contributed by atoms with van der Waals surface area (Å²) in [6.07, 6.45) is 0.926. The highest BCUT2D eigenvalue weighted by Gasteiger charge is 2.38. The van der Waals surface area contributed by atoms with Crippen molar-refractivity contribution in [3.63, 3.8) is 0 Å². The van der Waals surface area contributed by atoms with Crippen LogP contribution in [0.15, 0.2) is 18.2 Å². The predicted molar refractivity (Wildman–Crippen MR) is 84.6 cm³/mol. The van der Waals surface area contributed by atoms with Gasteiger partial charge in [0.1, 0.15) is 0 Å². The minimum Gasteiger partial charge on any atom is -0.481 e. The molecule has 4 nitrogen and oxygen atoms in total. The van der Waals surface area contributed by atoms with Crippen molar-refractivity contribution in [1.29, 1.82) is 0 Å². The molecule has 1 rings (SSSR count). The SMILES string of the molecule is CCC(CC)(CC(=O)N(C)c1cc(C)cc(C)c1)C(=O)O. The lowest BCUT2D eigenvalue weighted by Gasteiger charge is -2.28. The van der Waals surface area contributed by atoms with Crippen molar-refractivity contribution >= 4 is 17.6 Å². The minimum atomic E-state index is -0.968. The van der Waals surface area contributed by atoms with E-state index in [1.807, 2.05) is 45.9 Å². The number of hydrogen-bond acceptors (Lipinski definition) is 2. The van der Waals surface area contributed by atoms with Gasteiger partial charge in [-0.15, -0.1) is 0 Å². The van der Waals surface area contributed by atoms with Crippen LogP contribution in [0.3, 0.4) is 0 Å². The van der Waals surface area contributed by atoms with Crippen LogP contribution in [0.1, 0.15) is 44.2 Å². The molecule has 0 saturated heterocycles.